The van der Waals surface area contributed by atoms with Gasteiger partial charge in [0, 0.05) is 24.2 Å². The van der Waals surface area contributed by atoms with Crippen molar-refractivity contribution in [2.75, 3.05) is 5.32 Å². The molecule has 1 N–H and O–H groups in total. The molecule has 1 aromatic heterocycles. The van der Waals surface area contributed by atoms with Crippen LogP contribution in [0.2, 0.25) is 0 Å². The molecule has 0 spiro atoms. The summed E-state index contributed by atoms with van der Waals surface area (Å²) >= 11 is 0. The average Bonchev–Trinajstić information content (AvgIpc) is 2.88. The van der Waals surface area contributed by atoms with Crippen molar-refractivity contribution >= 4 is 17.4 Å². The maximum atomic E-state index is 12.2. The normalized spacial score (nSPS) is 24.8. The Bertz CT molecular complexity index is 831. The Hall–Kier alpha value is -2.94. The summed E-state index contributed by atoms with van der Waals surface area (Å²) in [6.07, 6.45) is 4.62. The van der Waals surface area contributed by atoms with E-state index in [1.54, 1.807) is 23.0 Å². The summed E-state index contributed by atoms with van der Waals surface area (Å²) in [5.41, 5.74) is 2.00. The first kappa shape index (κ1) is 13.7. The van der Waals surface area contributed by atoms with Gasteiger partial charge in [-0.25, -0.2) is 4.68 Å². The van der Waals surface area contributed by atoms with Crippen LogP contribution in [0.25, 0.3) is 5.69 Å². The molecule has 6 heteroatoms. The maximum absolute atomic E-state index is 12.2. The number of benzene rings is 1. The van der Waals surface area contributed by atoms with Gasteiger partial charge in [-0.2, -0.15) is 10.4 Å². The molecule has 0 radical (unpaired) electrons. The minimum Gasteiger partial charge on any atom is -0.326 e. The quantitative estimate of drug-likeness (QED) is 0.938. The first-order chi connectivity index (χ1) is 11.2. The molecular formula is C17H14N4O2. The van der Waals surface area contributed by atoms with Gasteiger partial charge in [0.2, 0.25) is 5.91 Å². The van der Waals surface area contributed by atoms with Gasteiger partial charge < -0.3 is 5.32 Å². The van der Waals surface area contributed by atoms with Crippen LogP contribution in [0.15, 0.2) is 36.7 Å². The number of nitriles is 1. The number of rotatable bonds is 3. The number of carbonyl (C=O) groups is 2. The van der Waals surface area contributed by atoms with Crippen molar-refractivity contribution in [3.8, 4) is 11.8 Å². The van der Waals surface area contributed by atoms with E-state index in [1.165, 1.54) is 6.20 Å². The number of carbonyl (C=O) groups excluding carboxylic acids is 2. The molecule has 1 aromatic carbocycles. The lowest BCUT2D eigenvalue weighted by molar-refractivity contribution is -0.123. The number of hydrogen-bond acceptors (Lipinski definition) is 4. The largest absolute Gasteiger partial charge is 0.326 e. The van der Waals surface area contributed by atoms with Crippen LogP contribution in [0.3, 0.4) is 0 Å². The van der Waals surface area contributed by atoms with Gasteiger partial charge in [-0.1, -0.05) is 0 Å². The van der Waals surface area contributed by atoms with E-state index >= 15 is 0 Å². The third-order valence-corrected chi connectivity index (χ3v) is 4.68. The van der Waals surface area contributed by atoms with E-state index in [1.807, 2.05) is 18.2 Å². The molecule has 114 valence electrons. The fourth-order valence-electron chi connectivity index (χ4n) is 3.45. The Kier molecular flexibility index (Phi) is 3.01. The predicted molar refractivity (Wildman–Crippen MR) is 81.6 cm³/mol. The molecule has 2 saturated carbocycles. The Morgan fingerprint density at radius 3 is 2.74 bits per heavy atom. The highest BCUT2D eigenvalue weighted by molar-refractivity contribution is 6.02. The summed E-state index contributed by atoms with van der Waals surface area (Å²) in [6, 6.07) is 9.26. The number of nitrogens with zero attached hydrogens (tertiary/aromatic N) is 3. The molecule has 0 aliphatic heterocycles. The van der Waals surface area contributed by atoms with Gasteiger partial charge in [0.25, 0.3) is 0 Å². The fourth-order valence-corrected chi connectivity index (χ4v) is 3.45. The zero-order chi connectivity index (χ0) is 16.0. The van der Waals surface area contributed by atoms with E-state index in [9.17, 15) is 9.59 Å². The second kappa shape index (κ2) is 5.06. The lowest BCUT2D eigenvalue weighted by Crippen LogP contribution is -2.18. The van der Waals surface area contributed by atoms with Crippen LogP contribution in [0.1, 0.15) is 18.4 Å². The van der Waals surface area contributed by atoms with Crippen molar-refractivity contribution in [3.05, 3.63) is 42.2 Å². The van der Waals surface area contributed by atoms with Crippen LogP contribution in [-0.4, -0.2) is 21.5 Å². The van der Waals surface area contributed by atoms with E-state index < -0.39 is 0 Å². The minimum atomic E-state index is -0.139. The number of anilines is 1. The van der Waals surface area contributed by atoms with Gasteiger partial charge in [-0.15, -0.1) is 0 Å². The molecular weight excluding hydrogens is 292 g/mol. The zero-order valence-corrected chi connectivity index (χ0v) is 12.3. The monoisotopic (exact) mass is 306 g/mol. The van der Waals surface area contributed by atoms with E-state index in [0.29, 0.717) is 17.7 Å². The van der Waals surface area contributed by atoms with Gasteiger partial charge in [0.05, 0.1) is 23.4 Å². The van der Waals surface area contributed by atoms with Crippen LogP contribution >= 0.6 is 0 Å². The molecule has 0 saturated heterocycles. The van der Waals surface area contributed by atoms with Crippen LogP contribution in [0, 0.1) is 29.1 Å². The van der Waals surface area contributed by atoms with Gasteiger partial charge in [0.15, 0.2) is 0 Å². The maximum Gasteiger partial charge on any atom is 0.228 e. The van der Waals surface area contributed by atoms with Crippen molar-refractivity contribution in [3.63, 3.8) is 0 Å². The summed E-state index contributed by atoms with van der Waals surface area (Å²) in [7, 11) is 0. The molecule has 1 amide bonds. The van der Waals surface area contributed by atoms with Crippen LogP contribution in [0.5, 0.6) is 0 Å². The Labute approximate surface area is 132 Å². The Balaban J connectivity index is 1.44. The molecule has 2 aromatic rings. The van der Waals surface area contributed by atoms with Gasteiger partial charge in [-0.3, -0.25) is 9.59 Å². The topological polar surface area (TPSA) is 87.8 Å². The predicted octanol–water partition coefficient (Wildman–Crippen LogP) is 1.91. The fraction of sp³-hybridized carbons (Fsp3) is 0.294. The third-order valence-electron chi connectivity index (χ3n) is 4.68. The number of Topliss-reactive ketones (excluding diaryl/α,β-unsaturated/α-hetero) is 1. The van der Waals surface area contributed by atoms with Crippen molar-refractivity contribution in [1.29, 1.82) is 5.26 Å². The smallest absolute Gasteiger partial charge is 0.228 e. The third kappa shape index (κ3) is 2.30. The molecule has 4 rings (SSSR count). The number of ketones is 1. The summed E-state index contributed by atoms with van der Waals surface area (Å²) in [4.78, 5) is 23.8. The number of fused-ring (bicyclic) bond motifs is 1. The SMILES string of the molecule is N#Cc1cnn(-c2ccc(NC(=O)C3C4CCC(=O)C43)cc2)c1. The Morgan fingerprint density at radius 1 is 1.35 bits per heavy atom. The first-order valence-electron chi connectivity index (χ1n) is 7.56. The van der Waals surface area contributed by atoms with Crippen molar-refractivity contribution in [2.45, 2.75) is 12.8 Å². The number of hydrogen-bond donors (Lipinski definition) is 1. The lowest BCUT2D eigenvalue weighted by Gasteiger charge is -2.07. The molecule has 3 unspecified atom stereocenters. The molecule has 23 heavy (non-hydrogen) atoms. The highest BCUT2D eigenvalue weighted by Crippen LogP contribution is 2.55. The summed E-state index contributed by atoms with van der Waals surface area (Å²) in [5, 5.41) is 15.8. The second-order valence-electron chi connectivity index (χ2n) is 6.04. The first-order valence-corrected chi connectivity index (χ1v) is 7.56. The molecule has 0 bridgehead atoms. The van der Waals surface area contributed by atoms with Crippen molar-refractivity contribution in [1.82, 2.24) is 9.78 Å². The van der Waals surface area contributed by atoms with Gasteiger partial charge in [0.1, 0.15) is 11.9 Å². The molecule has 2 fully saturated rings. The Morgan fingerprint density at radius 2 is 2.13 bits per heavy atom. The summed E-state index contributed by atoms with van der Waals surface area (Å²) < 4.78 is 1.61. The molecule has 2 aliphatic rings. The highest BCUT2D eigenvalue weighted by atomic mass is 16.2. The summed E-state index contributed by atoms with van der Waals surface area (Å²) in [5.74, 6) is 0.252. The highest BCUT2D eigenvalue weighted by Gasteiger charge is 2.61. The van der Waals surface area contributed by atoms with E-state index in [0.717, 1.165) is 12.1 Å². The van der Waals surface area contributed by atoms with Crippen molar-refractivity contribution < 1.29 is 9.59 Å². The molecule has 1 heterocycles. The minimum absolute atomic E-state index is 0.0391. The van der Waals surface area contributed by atoms with Crippen LogP contribution in [-0.2, 0) is 9.59 Å². The van der Waals surface area contributed by atoms with Crippen LogP contribution < -0.4 is 5.32 Å². The zero-order valence-electron chi connectivity index (χ0n) is 12.3. The van der Waals surface area contributed by atoms with Gasteiger partial charge >= 0.3 is 0 Å². The van der Waals surface area contributed by atoms with Crippen LogP contribution in [0.4, 0.5) is 5.69 Å². The summed E-state index contributed by atoms with van der Waals surface area (Å²) in [6.45, 7) is 0. The molecule has 6 nitrogen and oxygen atoms in total. The van der Waals surface area contributed by atoms with E-state index in [2.05, 4.69) is 10.4 Å². The standard InChI is InChI=1S/C17H14N4O2/c18-7-10-8-19-21(9-10)12-3-1-11(2-4-12)20-17(23)16-13-5-6-14(22)15(13)16/h1-4,8-9,13,15-16H,5-6H2,(H,20,23). The van der Waals surface area contributed by atoms with E-state index in [4.69, 9.17) is 5.26 Å². The van der Waals surface area contributed by atoms with E-state index in [-0.39, 0.29) is 29.4 Å². The number of amides is 1. The number of nitrogens with one attached hydrogen (secondary N) is 1. The number of aromatic nitrogens is 2. The average molecular weight is 306 g/mol. The van der Waals surface area contributed by atoms with Gasteiger partial charge in [-0.05, 0) is 36.6 Å². The lowest BCUT2D eigenvalue weighted by atomic mass is 10.1. The molecule has 2 aliphatic carbocycles. The second-order valence-corrected chi connectivity index (χ2v) is 6.04. The van der Waals surface area contributed by atoms with Crippen molar-refractivity contribution in [2.24, 2.45) is 17.8 Å². The molecule has 3 atom stereocenters.